The molecule has 6 nitrogen and oxygen atoms in total. The quantitative estimate of drug-likeness (QED) is 0.387. The number of anilines is 1. The predicted molar refractivity (Wildman–Crippen MR) is 124 cm³/mol. The van der Waals surface area contributed by atoms with Gasteiger partial charge in [0.25, 0.3) is 11.8 Å². The van der Waals surface area contributed by atoms with Gasteiger partial charge in [-0.05, 0) is 37.6 Å². The normalized spacial score (nSPS) is 11.4. The Kier molecular flexibility index (Phi) is 6.01. The van der Waals surface area contributed by atoms with E-state index in [0.717, 1.165) is 22.6 Å². The van der Waals surface area contributed by atoms with Crippen molar-refractivity contribution in [1.29, 1.82) is 0 Å². The van der Waals surface area contributed by atoms with Crippen molar-refractivity contribution in [3.05, 3.63) is 88.1 Å². The van der Waals surface area contributed by atoms with Crippen LogP contribution in [0.1, 0.15) is 36.9 Å². The van der Waals surface area contributed by atoms with E-state index in [4.69, 9.17) is 5.73 Å². The van der Waals surface area contributed by atoms with Gasteiger partial charge in [-0.15, -0.1) is 11.3 Å². The number of benzene rings is 2. The molecule has 2 heterocycles. The van der Waals surface area contributed by atoms with E-state index in [0.29, 0.717) is 16.3 Å². The van der Waals surface area contributed by atoms with E-state index >= 15 is 0 Å². The Hall–Kier alpha value is -3.92. The van der Waals surface area contributed by atoms with Gasteiger partial charge in [0.1, 0.15) is 5.00 Å². The number of halogens is 3. The zero-order valence-corrected chi connectivity index (χ0v) is 18.9. The summed E-state index contributed by atoms with van der Waals surface area (Å²) in [7, 11) is 0. The number of carbonyl (C=O) groups is 2. The minimum Gasteiger partial charge on any atom is -0.365 e. The van der Waals surface area contributed by atoms with Crippen LogP contribution < -0.4 is 11.1 Å². The lowest BCUT2D eigenvalue weighted by molar-refractivity contribution is -0.137. The maximum atomic E-state index is 13.1. The molecule has 34 heavy (non-hydrogen) atoms. The number of nitrogens with two attached hydrogens (primary N) is 1. The van der Waals surface area contributed by atoms with Gasteiger partial charge in [-0.3, -0.25) is 9.59 Å². The lowest BCUT2D eigenvalue weighted by atomic mass is 10.0. The molecule has 0 aliphatic heterocycles. The van der Waals surface area contributed by atoms with Crippen molar-refractivity contribution in [3.8, 4) is 16.8 Å². The Labute approximate surface area is 196 Å². The first-order valence-electron chi connectivity index (χ1n) is 10.1. The van der Waals surface area contributed by atoms with Crippen molar-refractivity contribution in [2.75, 3.05) is 5.32 Å². The Morgan fingerprint density at radius 1 is 1.06 bits per heavy atom. The largest absolute Gasteiger partial charge is 0.416 e. The number of nitrogens with zero attached hydrogens (tertiary/aromatic N) is 2. The van der Waals surface area contributed by atoms with Gasteiger partial charge in [0.15, 0.2) is 0 Å². The number of aromatic nitrogens is 2. The smallest absolute Gasteiger partial charge is 0.365 e. The first-order valence-corrected chi connectivity index (χ1v) is 10.9. The molecule has 2 aromatic carbocycles. The van der Waals surface area contributed by atoms with Gasteiger partial charge in [-0.25, -0.2) is 4.68 Å². The number of amides is 2. The third kappa shape index (κ3) is 4.32. The molecule has 0 atom stereocenters. The number of thiophene rings is 1. The van der Waals surface area contributed by atoms with Gasteiger partial charge in [-0.1, -0.05) is 36.4 Å². The second-order valence-corrected chi connectivity index (χ2v) is 8.75. The molecular weight excluding hydrogens is 465 g/mol. The van der Waals surface area contributed by atoms with E-state index in [1.165, 1.54) is 34.3 Å². The SMILES string of the molecule is Cc1sc(NC(=O)c2cnn(-c3cccc(C(F)(F)F)c3)c2C)c(C(N)=O)c1-c1ccccc1. The molecule has 0 fully saturated rings. The van der Waals surface area contributed by atoms with E-state index in [1.54, 1.807) is 6.92 Å². The summed E-state index contributed by atoms with van der Waals surface area (Å²) in [5.41, 5.74) is 7.12. The summed E-state index contributed by atoms with van der Waals surface area (Å²) in [4.78, 5) is 26.1. The second kappa shape index (κ2) is 8.79. The molecule has 2 amide bonds. The molecule has 2 aromatic heterocycles. The standard InChI is InChI=1S/C24H19F3N4O2S/c1-13-18(12-29-31(13)17-10-6-9-16(11-17)24(25,26)27)22(33)30-23-20(21(28)32)19(14(2)34-23)15-7-4-3-5-8-15/h3-12H,1-2H3,(H2,28,32)(H,30,33). The summed E-state index contributed by atoms with van der Waals surface area (Å²) >= 11 is 1.22. The highest BCUT2D eigenvalue weighted by atomic mass is 32.1. The molecular formula is C24H19F3N4O2S. The van der Waals surface area contributed by atoms with Gasteiger partial charge < -0.3 is 11.1 Å². The Morgan fingerprint density at radius 2 is 1.76 bits per heavy atom. The lowest BCUT2D eigenvalue weighted by Gasteiger charge is -2.10. The van der Waals surface area contributed by atoms with E-state index in [-0.39, 0.29) is 16.8 Å². The van der Waals surface area contributed by atoms with Crippen molar-refractivity contribution >= 4 is 28.2 Å². The third-order valence-electron chi connectivity index (χ3n) is 5.29. The van der Waals surface area contributed by atoms with Crippen molar-refractivity contribution in [1.82, 2.24) is 9.78 Å². The first-order chi connectivity index (χ1) is 16.1. The van der Waals surface area contributed by atoms with E-state index in [9.17, 15) is 22.8 Å². The highest BCUT2D eigenvalue weighted by Gasteiger charge is 2.31. The van der Waals surface area contributed by atoms with Crippen LogP contribution in [0.25, 0.3) is 16.8 Å². The van der Waals surface area contributed by atoms with Gasteiger partial charge in [0, 0.05) is 10.4 Å². The van der Waals surface area contributed by atoms with Crippen molar-refractivity contribution < 1.29 is 22.8 Å². The Morgan fingerprint density at radius 3 is 2.41 bits per heavy atom. The third-order valence-corrected chi connectivity index (χ3v) is 6.31. The molecule has 0 spiro atoms. The monoisotopic (exact) mass is 484 g/mol. The summed E-state index contributed by atoms with van der Waals surface area (Å²) < 4.78 is 40.5. The zero-order chi connectivity index (χ0) is 24.6. The molecule has 0 saturated heterocycles. The molecule has 4 rings (SSSR count). The van der Waals surface area contributed by atoms with Gasteiger partial charge in [0.05, 0.1) is 34.3 Å². The van der Waals surface area contributed by atoms with Crippen LogP contribution >= 0.6 is 11.3 Å². The summed E-state index contributed by atoms with van der Waals surface area (Å²) in [6, 6.07) is 13.9. The minimum atomic E-state index is -4.50. The summed E-state index contributed by atoms with van der Waals surface area (Å²) in [6.07, 6.45) is -3.23. The minimum absolute atomic E-state index is 0.153. The van der Waals surface area contributed by atoms with E-state index in [2.05, 4.69) is 10.4 Å². The highest BCUT2D eigenvalue weighted by molar-refractivity contribution is 7.17. The number of hydrogen-bond donors (Lipinski definition) is 2. The lowest BCUT2D eigenvalue weighted by Crippen LogP contribution is -2.18. The van der Waals surface area contributed by atoms with Crippen LogP contribution in [0.5, 0.6) is 0 Å². The van der Waals surface area contributed by atoms with Crippen molar-refractivity contribution in [3.63, 3.8) is 0 Å². The number of rotatable bonds is 5. The van der Waals surface area contributed by atoms with Crippen molar-refractivity contribution in [2.45, 2.75) is 20.0 Å². The number of primary amides is 1. The fourth-order valence-corrected chi connectivity index (χ4v) is 4.77. The topological polar surface area (TPSA) is 90.0 Å². The van der Waals surface area contributed by atoms with E-state index in [1.807, 2.05) is 37.3 Å². The molecule has 10 heteroatoms. The summed E-state index contributed by atoms with van der Waals surface area (Å²) in [5.74, 6) is -1.24. The highest BCUT2D eigenvalue weighted by Crippen LogP contribution is 2.40. The summed E-state index contributed by atoms with van der Waals surface area (Å²) in [6.45, 7) is 3.40. The zero-order valence-electron chi connectivity index (χ0n) is 18.1. The average molecular weight is 485 g/mol. The number of carbonyl (C=O) groups excluding carboxylic acids is 2. The molecule has 0 aliphatic carbocycles. The molecule has 0 aliphatic rings. The van der Waals surface area contributed by atoms with Crippen LogP contribution in [0.3, 0.4) is 0 Å². The van der Waals surface area contributed by atoms with Gasteiger partial charge in [0.2, 0.25) is 0 Å². The maximum absolute atomic E-state index is 13.1. The van der Waals surface area contributed by atoms with Crippen LogP contribution in [0.2, 0.25) is 0 Å². The number of alkyl halides is 3. The molecule has 4 aromatic rings. The number of hydrogen-bond acceptors (Lipinski definition) is 4. The Balaban J connectivity index is 1.68. The predicted octanol–water partition coefficient (Wildman–Crippen LogP) is 5.59. The Bertz CT molecular complexity index is 1390. The van der Waals surface area contributed by atoms with Crippen LogP contribution in [0.4, 0.5) is 18.2 Å². The molecule has 0 unspecified atom stereocenters. The molecule has 3 N–H and O–H groups in total. The van der Waals surface area contributed by atoms with Gasteiger partial charge in [-0.2, -0.15) is 18.3 Å². The van der Waals surface area contributed by atoms with Crippen LogP contribution in [-0.4, -0.2) is 21.6 Å². The fraction of sp³-hybridized carbons (Fsp3) is 0.125. The fourth-order valence-electron chi connectivity index (χ4n) is 3.70. The van der Waals surface area contributed by atoms with Crippen LogP contribution in [0.15, 0.2) is 60.8 Å². The van der Waals surface area contributed by atoms with Crippen molar-refractivity contribution in [2.24, 2.45) is 5.73 Å². The number of aryl methyl sites for hydroxylation is 1. The van der Waals surface area contributed by atoms with Crippen LogP contribution in [0, 0.1) is 13.8 Å². The second-order valence-electron chi connectivity index (χ2n) is 7.53. The summed E-state index contributed by atoms with van der Waals surface area (Å²) in [5, 5.41) is 7.12. The van der Waals surface area contributed by atoms with E-state index < -0.39 is 23.6 Å². The average Bonchev–Trinajstić information content (AvgIpc) is 3.33. The first kappa shape index (κ1) is 23.2. The molecule has 0 radical (unpaired) electrons. The maximum Gasteiger partial charge on any atom is 0.416 e. The molecule has 0 bridgehead atoms. The molecule has 0 saturated carbocycles. The van der Waals surface area contributed by atoms with Crippen LogP contribution in [-0.2, 0) is 6.18 Å². The number of nitrogens with one attached hydrogen (secondary N) is 1. The molecule has 174 valence electrons. The van der Waals surface area contributed by atoms with Gasteiger partial charge >= 0.3 is 6.18 Å².